The fourth-order valence-corrected chi connectivity index (χ4v) is 4.27. The number of nitrogens with one attached hydrogen (secondary N) is 2. The van der Waals surface area contributed by atoms with Gasteiger partial charge in [-0.15, -0.1) is 0 Å². The zero-order chi connectivity index (χ0) is 21.9. The molecule has 1 aliphatic heterocycles. The highest BCUT2D eigenvalue weighted by atomic mass is 16.5. The number of guanidine groups is 1. The van der Waals surface area contributed by atoms with Gasteiger partial charge < -0.3 is 20.3 Å². The predicted octanol–water partition coefficient (Wildman–Crippen LogP) is 2.51. The van der Waals surface area contributed by atoms with Crippen LogP contribution >= 0.6 is 0 Å². The summed E-state index contributed by atoms with van der Waals surface area (Å²) in [6.07, 6.45) is 7.08. The smallest absolute Gasteiger partial charge is 0.306 e. The van der Waals surface area contributed by atoms with Crippen molar-refractivity contribution in [1.29, 1.82) is 0 Å². The molecule has 1 aromatic rings. The van der Waals surface area contributed by atoms with E-state index in [1.54, 1.807) is 7.05 Å². The largest absolute Gasteiger partial charge is 0.462 e. The van der Waals surface area contributed by atoms with Crippen molar-refractivity contribution in [2.75, 3.05) is 33.2 Å². The highest BCUT2D eigenvalue weighted by molar-refractivity contribution is 5.81. The Balaban J connectivity index is 1.28. The molecule has 0 radical (unpaired) electrons. The number of benzene rings is 1. The van der Waals surface area contributed by atoms with E-state index in [-0.39, 0.29) is 23.9 Å². The van der Waals surface area contributed by atoms with Gasteiger partial charge in [-0.1, -0.05) is 30.3 Å². The van der Waals surface area contributed by atoms with Crippen molar-refractivity contribution in [3.05, 3.63) is 35.9 Å². The summed E-state index contributed by atoms with van der Waals surface area (Å²) < 4.78 is 5.48. The summed E-state index contributed by atoms with van der Waals surface area (Å²) in [5, 5.41) is 6.56. The number of hydrogen-bond acceptors (Lipinski definition) is 4. The van der Waals surface area contributed by atoms with E-state index in [9.17, 15) is 9.59 Å². The van der Waals surface area contributed by atoms with Gasteiger partial charge in [0, 0.05) is 52.0 Å². The van der Waals surface area contributed by atoms with Crippen molar-refractivity contribution < 1.29 is 14.3 Å². The van der Waals surface area contributed by atoms with E-state index in [1.165, 1.54) is 18.4 Å². The SMILES string of the molecule is CN=C(NCCCC(=O)OC1CCCC1)NCC1CC(=O)N(CCc2ccccc2)C1. The van der Waals surface area contributed by atoms with Crippen LogP contribution in [0.3, 0.4) is 0 Å². The monoisotopic (exact) mass is 428 g/mol. The molecule has 0 spiro atoms. The molecule has 7 heteroatoms. The number of likely N-dealkylation sites (tertiary alicyclic amines) is 1. The van der Waals surface area contributed by atoms with Crippen LogP contribution in [0.15, 0.2) is 35.3 Å². The summed E-state index contributed by atoms with van der Waals surface area (Å²) in [5.41, 5.74) is 1.26. The standard InChI is InChI=1S/C24H36N4O3/c1-25-24(26-14-7-12-23(30)31-21-10-5-6-11-21)27-17-20-16-22(29)28(18-20)15-13-19-8-3-2-4-9-19/h2-4,8-9,20-21H,5-7,10-18H2,1H3,(H2,25,26,27). The Morgan fingerprint density at radius 2 is 1.97 bits per heavy atom. The second-order valence-electron chi connectivity index (χ2n) is 8.53. The molecule has 1 atom stereocenters. The predicted molar refractivity (Wildman–Crippen MR) is 122 cm³/mol. The first-order valence-electron chi connectivity index (χ1n) is 11.6. The van der Waals surface area contributed by atoms with Gasteiger partial charge in [0.05, 0.1) is 0 Å². The van der Waals surface area contributed by atoms with E-state index in [0.29, 0.717) is 38.3 Å². The Morgan fingerprint density at radius 3 is 2.71 bits per heavy atom. The number of carbonyl (C=O) groups excluding carboxylic acids is 2. The number of rotatable bonds is 10. The van der Waals surface area contributed by atoms with Gasteiger partial charge >= 0.3 is 5.97 Å². The molecule has 1 saturated carbocycles. The topological polar surface area (TPSA) is 83.0 Å². The van der Waals surface area contributed by atoms with Gasteiger partial charge in [-0.2, -0.15) is 0 Å². The molecule has 1 amide bonds. The second-order valence-corrected chi connectivity index (χ2v) is 8.53. The number of carbonyl (C=O) groups is 2. The maximum atomic E-state index is 12.3. The van der Waals surface area contributed by atoms with Gasteiger partial charge in [-0.05, 0) is 44.1 Å². The van der Waals surface area contributed by atoms with Gasteiger partial charge in [0.2, 0.25) is 5.91 Å². The minimum Gasteiger partial charge on any atom is -0.462 e. The lowest BCUT2D eigenvalue weighted by atomic mass is 10.1. The molecule has 0 aromatic heterocycles. The summed E-state index contributed by atoms with van der Waals surface area (Å²) >= 11 is 0. The average molecular weight is 429 g/mol. The van der Waals surface area contributed by atoms with Crippen LogP contribution in [0.1, 0.15) is 50.5 Å². The van der Waals surface area contributed by atoms with Crippen LogP contribution in [0.25, 0.3) is 0 Å². The molecule has 0 bridgehead atoms. The van der Waals surface area contributed by atoms with Crippen LogP contribution in [-0.2, 0) is 20.7 Å². The Kier molecular flexibility index (Phi) is 9.18. The number of amides is 1. The molecule has 2 N–H and O–H groups in total. The summed E-state index contributed by atoms with van der Waals surface area (Å²) in [6.45, 7) is 2.91. The van der Waals surface area contributed by atoms with E-state index in [4.69, 9.17) is 4.74 Å². The van der Waals surface area contributed by atoms with E-state index in [2.05, 4.69) is 27.8 Å². The molecule has 1 saturated heterocycles. The van der Waals surface area contributed by atoms with Crippen molar-refractivity contribution in [2.45, 2.75) is 57.5 Å². The number of hydrogen-bond donors (Lipinski definition) is 2. The summed E-state index contributed by atoms with van der Waals surface area (Å²) in [4.78, 5) is 30.4. The highest BCUT2D eigenvalue weighted by Gasteiger charge is 2.29. The van der Waals surface area contributed by atoms with Crippen molar-refractivity contribution in [3.8, 4) is 0 Å². The maximum absolute atomic E-state index is 12.3. The van der Waals surface area contributed by atoms with E-state index in [1.807, 2.05) is 23.1 Å². The lowest BCUT2D eigenvalue weighted by Crippen LogP contribution is -2.40. The van der Waals surface area contributed by atoms with Crippen LogP contribution < -0.4 is 10.6 Å². The quantitative estimate of drug-likeness (QED) is 0.259. The minimum atomic E-state index is -0.100. The normalized spacial score (nSPS) is 19.6. The Morgan fingerprint density at radius 1 is 1.19 bits per heavy atom. The number of nitrogens with zero attached hydrogens (tertiary/aromatic N) is 2. The van der Waals surface area contributed by atoms with E-state index in [0.717, 1.165) is 32.4 Å². The lowest BCUT2D eigenvalue weighted by Gasteiger charge is -2.18. The van der Waals surface area contributed by atoms with Gasteiger partial charge in [0.25, 0.3) is 0 Å². The summed E-state index contributed by atoms with van der Waals surface area (Å²) in [5.74, 6) is 1.12. The summed E-state index contributed by atoms with van der Waals surface area (Å²) in [7, 11) is 1.73. The first-order chi connectivity index (χ1) is 15.1. The molecule has 3 rings (SSSR count). The van der Waals surface area contributed by atoms with Crippen LogP contribution in [0.5, 0.6) is 0 Å². The third-order valence-corrected chi connectivity index (χ3v) is 6.04. The number of esters is 1. The van der Waals surface area contributed by atoms with Crippen molar-refractivity contribution in [2.24, 2.45) is 10.9 Å². The number of aliphatic imine (C=N–C) groups is 1. The van der Waals surface area contributed by atoms with Gasteiger partial charge in [0.1, 0.15) is 6.10 Å². The highest BCUT2D eigenvalue weighted by Crippen LogP contribution is 2.21. The minimum absolute atomic E-state index is 0.100. The molecule has 1 unspecified atom stereocenters. The fraction of sp³-hybridized carbons (Fsp3) is 0.625. The molecule has 7 nitrogen and oxygen atoms in total. The molecular formula is C24H36N4O3. The third-order valence-electron chi connectivity index (χ3n) is 6.04. The average Bonchev–Trinajstić information content (AvgIpc) is 3.41. The van der Waals surface area contributed by atoms with Crippen molar-refractivity contribution in [1.82, 2.24) is 15.5 Å². The Labute approximate surface area is 185 Å². The van der Waals surface area contributed by atoms with Crippen LogP contribution in [-0.4, -0.2) is 62.1 Å². The first kappa shape index (κ1) is 23.1. The fourth-order valence-electron chi connectivity index (χ4n) is 4.27. The van der Waals surface area contributed by atoms with Gasteiger partial charge in [0.15, 0.2) is 5.96 Å². The van der Waals surface area contributed by atoms with Crippen molar-refractivity contribution in [3.63, 3.8) is 0 Å². The number of ether oxygens (including phenoxy) is 1. The molecule has 31 heavy (non-hydrogen) atoms. The Bertz CT molecular complexity index is 732. The van der Waals surface area contributed by atoms with Crippen molar-refractivity contribution >= 4 is 17.8 Å². The molecule has 1 heterocycles. The van der Waals surface area contributed by atoms with Gasteiger partial charge in [-0.25, -0.2) is 0 Å². The van der Waals surface area contributed by atoms with Crippen LogP contribution in [0.2, 0.25) is 0 Å². The van der Waals surface area contributed by atoms with Gasteiger partial charge in [-0.3, -0.25) is 14.6 Å². The zero-order valence-electron chi connectivity index (χ0n) is 18.6. The molecular weight excluding hydrogens is 392 g/mol. The molecule has 2 fully saturated rings. The first-order valence-corrected chi connectivity index (χ1v) is 11.6. The molecule has 170 valence electrons. The summed E-state index contributed by atoms with van der Waals surface area (Å²) in [6, 6.07) is 10.3. The van der Waals surface area contributed by atoms with Crippen LogP contribution in [0.4, 0.5) is 0 Å². The van der Waals surface area contributed by atoms with E-state index < -0.39 is 0 Å². The Hall–Kier alpha value is -2.57. The molecule has 2 aliphatic rings. The van der Waals surface area contributed by atoms with Crippen LogP contribution in [0, 0.1) is 5.92 Å². The molecule has 1 aliphatic carbocycles. The molecule has 1 aromatic carbocycles. The maximum Gasteiger partial charge on any atom is 0.306 e. The zero-order valence-corrected chi connectivity index (χ0v) is 18.6. The van der Waals surface area contributed by atoms with E-state index >= 15 is 0 Å². The second kappa shape index (κ2) is 12.3. The lowest BCUT2D eigenvalue weighted by molar-refractivity contribution is -0.148. The third kappa shape index (κ3) is 7.89.